The van der Waals surface area contributed by atoms with E-state index in [9.17, 15) is 5.26 Å². The molecule has 1 aliphatic rings. The van der Waals surface area contributed by atoms with Crippen LogP contribution >= 0.6 is 0 Å². The Bertz CT molecular complexity index is 1030. The number of rotatable bonds is 5. The van der Waals surface area contributed by atoms with E-state index < -0.39 is 0 Å². The number of ether oxygens (including phenoxy) is 2. The van der Waals surface area contributed by atoms with Crippen molar-refractivity contribution in [3.05, 3.63) is 47.8 Å². The molecule has 0 bridgehead atoms. The molecule has 3 aromatic rings. The van der Waals surface area contributed by atoms with E-state index in [1.807, 2.05) is 13.1 Å². The summed E-state index contributed by atoms with van der Waals surface area (Å²) in [7, 11) is 1.82. The summed E-state index contributed by atoms with van der Waals surface area (Å²) < 4.78 is 13.2. The third-order valence-electron chi connectivity index (χ3n) is 4.67. The van der Waals surface area contributed by atoms with Crippen LogP contribution in [0.25, 0.3) is 11.4 Å². The summed E-state index contributed by atoms with van der Waals surface area (Å²) in [5, 5.41) is 13.9. The van der Waals surface area contributed by atoms with E-state index in [4.69, 9.17) is 15.2 Å². The highest BCUT2D eigenvalue weighted by atomic mass is 16.5. The zero-order valence-corrected chi connectivity index (χ0v) is 16.1. The minimum absolute atomic E-state index is 0.371. The SMILES string of the molecule is Cn1nc(N2CCOCC2)cc1Oc1cc(C#N)ccc1-c1ncc(CN)cn1. The Balaban J connectivity index is 1.67. The van der Waals surface area contributed by atoms with Crippen molar-refractivity contribution in [1.82, 2.24) is 19.7 Å². The maximum atomic E-state index is 9.30. The number of hydrogen-bond acceptors (Lipinski definition) is 8. The summed E-state index contributed by atoms with van der Waals surface area (Å²) in [6, 6.07) is 9.19. The van der Waals surface area contributed by atoms with Crippen LogP contribution in [0, 0.1) is 11.3 Å². The van der Waals surface area contributed by atoms with Crippen LogP contribution in [0.4, 0.5) is 5.82 Å². The number of nitrogens with two attached hydrogens (primary N) is 1. The summed E-state index contributed by atoms with van der Waals surface area (Å²) in [5.41, 5.74) is 7.63. The van der Waals surface area contributed by atoms with Gasteiger partial charge in [-0.3, -0.25) is 0 Å². The van der Waals surface area contributed by atoms with Gasteiger partial charge in [-0.2, -0.15) is 10.4 Å². The standard InChI is InChI=1S/C20H21N7O2/c1-26-19(9-18(25-26)27-4-6-28-7-5-27)29-17-8-14(10-21)2-3-16(17)20-23-12-15(11-22)13-24-20/h2-3,8-9,12-13H,4-7,11,22H2,1H3. The van der Waals surface area contributed by atoms with Gasteiger partial charge < -0.3 is 20.1 Å². The molecule has 0 saturated carbocycles. The number of anilines is 1. The molecule has 1 saturated heterocycles. The highest BCUT2D eigenvalue weighted by Crippen LogP contribution is 2.33. The predicted molar refractivity (Wildman–Crippen MR) is 106 cm³/mol. The average molecular weight is 391 g/mol. The second-order valence-corrected chi connectivity index (χ2v) is 6.61. The highest BCUT2D eigenvalue weighted by Gasteiger charge is 2.18. The molecule has 1 aromatic carbocycles. The molecule has 29 heavy (non-hydrogen) atoms. The Morgan fingerprint density at radius 1 is 1.21 bits per heavy atom. The molecule has 0 unspecified atom stereocenters. The molecule has 0 aliphatic carbocycles. The fourth-order valence-corrected chi connectivity index (χ4v) is 3.05. The molecule has 9 heteroatoms. The molecule has 0 atom stereocenters. The van der Waals surface area contributed by atoms with Crippen molar-refractivity contribution in [2.45, 2.75) is 6.54 Å². The fraction of sp³-hybridized carbons (Fsp3) is 0.300. The first-order valence-corrected chi connectivity index (χ1v) is 9.28. The molecule has 1 fully saturated rings. The maximum absolute atomic E-state index is 9.30. The lowest BCUT2D eigenvalue weighted by molar-refractivity contribution is 0.122. The van der Waals surface area contributed by atoms with Crippen LogP contribution in [0.5, 0.6) is 11.6 Å². The first-order valence-electron chi connectivity index (χ1n) is 9.28. The summed E-state index contributed by atoms with van der Waals surface area (Å²) in [6.45, 7) is 3.30. The van der Waals surface area contributed by atoms with Crippen LogP contribution in [-0.4, -0.2) is 46.1 Å². The first-order chi connectivity index (χ1) is 14.2. The molecular formula is C20H21N7O2. The van der Waals surface area contributed by atoms with Crippen LogP contribution in [0.15, 0.2) is 36.7 Å². The van der Waals surface area contributed by atoms with E-state index in [-0.39, 0.29) is 0 Å². The Morgan fingerprint density at radius 2 is 1.97 bits per heavy atom. The smallest absolute Gasteiger partial charge is 0.219 e. The zero-order valence-electron chi connectivity index (χ0n) is 16.1. The predicted octanol–water partition coefficient (Wildman–Crippen LogP) is 1.84. The lowest BCUT2D eigenvalue weighted by Crippen LogP contribution is -2.36. The number of hydrogen-bond donors (Lipinski definition) is 1. The fourth-order valence-electron chi connectivity index (χ4n) is 3.05. The van der Waals surface area contributed by atoms with Gasteiger partial charge in [0.15, 0.2) is 11.6 Å². The highest BCUT2D eigenvalue weighted by molar-refractivity contribution is 5.66. The number of aryl methyl sites for hydroxylation is 1. The van der Waals surface area contributed by atoms with Gasteiger partial charge >= 0.3 is 0 Å². The van der Waals surface area contributed by atoms with E-state index in [0.717, 1.165) is 24.5 Å². The molecule has 2 aromatic heterocycles. The van der Waals surface area contributed by atoms with Crippen LogP contribution in [-0.2, 0) is 18.3 Å². The van der Waals surface area contributed by atoms with E-state index >= 15 is 0 Å². The van der Waals surface area contributed by atoms with Gasteiger partial charge in [-0.25, -0.2) is 14.6 Å². The Morgan fingerprint density at radius 3 is 2.66 bits per heavy atom. The van der Waals surface area contributed by atoms with Crippen molar-refractivity contribution in [2.75, 3.05) is 31.2 Å². The van der Waals surface area contributed by atoms with E-state index in [1.54, 1.807) is 35.3 Å². The monoisotopic (exact) mass is 391 g/mol. The molecule has 9 nitrogen and oxygen atoms in total. The molecule has 148 valence electrons. The lowest BCUT2D eigenvalue weighted by Gasteiger charge is -2.26. The molecule has 4 rings (SSSR count). The van der Waals surface area contributed by atoms with Gasteiger partial charge in [-0.1, -0.05) is 0 Å². The third kappa shape index (κ3) is 4.03. The van der Waals surface area contributed by atoms with Crippen LogP contribution in [0.1, 0.15) is 11.1 Å². The van der Waals surface area contributed by atoms with Gasteiger partial charge in [0.25, 0.3) is 0 Å². The van der Waals surface area contributed by atoms with Crippen molar-refractivity contribution >= 4 is 5.82 Å². The third-order valence-corrected chi connectivity index (χ3v) is 4.67. The number of nitrogens with zero attached hydrogens (tertiary/aromatic N) is 6. The molecule has 3 heterocycles. The van der Waals surface area contributed by atoms with Crippen molar-refractivity contribution in [3.63, 3.8) is 0 Å². The van der Waals surface area contributed by atoms with Crippen molar-refractivity contribution in [1.29, 1.82) is 5.26 Å². The minimum Gasteiger partial charge on any atom is -0.438 e. The second kappa shape index (κ2) is 8.26. The van der Waals surface area contributed by atoms with Crippen molar-refractivity contribution < 1.29 is 9.47 Å². The molecule has 2 N–H and O–H groups in total. The summed E-state index contributed by atoms with van der Waals surface area (Å²) in [5.74, 6) is 2.37. The normalized spacial score (nSPS) is 13.9. The van der Waals surface area contributed by atoms with Crippen LogP contribution < -0.4 is 15.4 Å². The molecule has 0 radical (unpaired) electrons. The number of benzene rings is 1. The Hall–Kier alpha value is -3.48. The maximum Gasteiger partial charge on any atom is 0.219 e. The molecule has 1 aliphatic heterocycles. The minimum atomic E-state index is 0.371. The second-order valence-electron chi connectivity index (χ2n) is 6.61. The van der Waals surface area contributed by atoms with Crippen molar-refractivity contribution in [2.24, 2.45) is 12.8 Å². The van der Waals surface area contributed by atoms with E-state index in [0.29, 0.717) is 48.3 Å². The van der Waals surface area contributed by atoms with Crippen LogP contribution in [0.3, 0.4) is 0 Å². The van der Waals surface area contributed by atoms with Gasteiger partial charge in [-0.05, 0) is 18.2 Å². The molecule has 0 spiro atoms. The topological polar surface area (TPSA) is 115 Å². The van der Waals surface area contributed by atoms with E-state index in [2.05, 4.69) is 26.0 Å². The van der Waals surface area contributed by atoms with E-state index in [1.165, 1.54) is 0 Å². The number of aromatic nitrogens is 4. The van der Waals surface area contributed by atoms with Crippen molar-refractivity contribution in [3.8, 4) is 29.1 Å². The molecular weight excluding hydrogens is 370 g/mol. The molecule has 0 amide bonds. The Labute approximate surface area is 168 Å². The summed E-state index contributed by atoms with van der Waals surface area (Å²) >= 11 is 0. The van der Waals surface area contributed by atoms with Crippen LogP contribution in [0.2, 0.25) is 0 Å². The van der Waals surface area contributed by atoms with Gasteiger partial charge in [0.05, 0.1) is 30.4 Å². The first kappa shape index (κ1) is 18.9. The largest absolute Gasteiger partial charge is 0.438 e. The van der Waals surface area contributed by atoms with Gasteiger partial charge in [0.1, 0.15) is 5.75 Å². The van der Waals surface area contributed by atoms with Gasteiger partial charge in [0.2, 0.25) is 5.88 Å². The average Bonchev–Trinajstić information content (AvgIpc) is 3.14. The van der Waals surface area contributed by atoms with Gasteiger partial charge in [0, 0.05) is 50.7 Å². The lowest BCUT2D eigenvalue weighted by atomic mass is 10.1. The quantitative estimate of drug-likeness (QED) is 0.700. The summed E-state index contributed by atoms with van der Waals surface area (Å²) in [6.07, 6.45) is 3.37. The Kier molecular flexibility index (Phi) is 5.37. The number of nitriles is 1. The number of morpholine rings is 1. The summed E-state index contributed by atoms with van der Waals surface area (Å²) in [4.78, 5) is 10.9. The zero-order chi connectivity index (χ0) is 20.2. The van der Waals surface area contributed by atoms with Gasteiger partial charge in [-0.15, -0.1) is 0 Å².